The SMILES string of the molecule is CC(C)(C)OC(=O)Nc1ccc(CCNc2ccc(C(F)(F)F)nn2)cc1. The maximum absolute atomic E-state index is 12.4. The van der Waals surface area contributed by atoms with Crippen molar-refractivity contribution in [1.82, 2.24) is 10.2 Å². The van der Waals surface area contributed by atoms with E-state index >= 15 is 0 Å². The van der Waals surface area contributed by atoms with Crippen LogP contribution in [0.1, 0.15) is 32.0 Å². The molecule has 146 valence electrons. The number of hydrogen-bond donors (Lipinski definition) is 2. The number of rotatable bonds is 5. The number of alkyl halides is 3. The molecular formula is C18H21F3N4O2. The van der Waals surface area contributed by atoms with E-state index < -0.39 is 23.6 Å². The van der Waals surface area contributed by atoms with Gasteiger partial charge in [-0.1, -0.05) is 12.1 Å². The standard InChI is InChI=1S/C18H21F3N4O2/c1-17(2,3)27-16(26)23-13-6-4-12(5-7-13)10-11-22-15-9-8-14(24-25-15)18(19,20)21/h4-9H,10-11H2,1-3H3,(H,22,25)(H,23,26). The molecule has 0 fully saturated rings. The van der Waals surface area contributed by atoms with Gasteiger partial charge in [0, 0.05) is 12.2 Å². The van der Waals surface area contributed by atoms with Gasteiger partial charge < -0.3 is 10.1 Å². The van der Waals surface area contributed by atoms with Crippen LogP contribution in [-0.2, 0) is 17.3 Å². The third kappa shape index (κ3) is 7.12. The van der Waals surface area contributed by atoms with Gasteiger partial charge in [-0.25, -0.2) is 4.79 Å². The average molecular weight is 382 g/mol. The Morgan fingerprint density at radius 2 is 1.70 bits per heavy atom. The van der Waals surface area contributed by atoms with Crippen LogP contribution in [0.4, 0.5) is 29.5 Å². The van der Waals surface area contributed by atoms with Crippen LogP contribution >= 0.6 is 0 Å². The Hall–Kier alpha value is -2.84. The number of aromatic nitrogens is 2. The lowest BCUT2D eigenvalue weighted by molar-refractivity contribution is -0.141. The molecule has 9 heteroatoms. The molecule has 0 spiro atoms. The van der Waals surface area contributed by atoms with Gasteiger partial charge in [-0.05, 0) is 57.0 Å². The number of benzene rings is 1. The van der Waals surface area contributed by atoms with Gasteiger partial charge >= 0.3 is 12.3 Å². The highest BCUT2D eigenvalue weighted by atomic mass is 19.4. The minimum atomic E-state index is -4.50. The Morgan fingerprint density at radius 1 is 1.04 bits per heavy atom. The van der Waals surface area contributed by atoms with Crippen molar-refractivity contribution in [3.8, 4) is 0 Å². The predicted molar refractivity (Wildman–Crippen MR) is 95.5 cm³/mol. The fourth-order valence-electron chi connectivity index (χ4n) is 2.09. The van der Waals surface area contributed by atoms with Crippen molar-refractivity contribution in [2.24, 2.45) is 0 Å². The van der Waals surface area contributed by atoms with Crippen LogP contribution in [0, 0.1) is 0 Å². The quantitative estimate of drug-likeness (QED) is 0.796. The van der Waals surface area contributed by atoms with E-state index in [0.29, 0.717) is 18.7 Å². The van der Waals surface area contributed by atoms with Gasteiger partial charge in [0.15, 0.2) is 5.69 Å². The molecule has 0 radical (unpaired) electrons. The second kappa shape index (κ2) is 8.24. The molecule has 2 rings (SSSR count). The topological polar surface area (TPSA) is 76.1 Å². The first-order valence-corrected chi connectivity index (χ1v) is 8.27. The van der Waals surface area contributed by atoms with E-state index in [4.69, 9.17) is 4.74 Å². The highest BCUT2D eigenvalue weighted by Gasteiger charge is 2.32. The lowest BCUT2D eigenvalue weighted by Gasteiger charge is -2.19. The Bertz CT molecular complexity index is 754. The fourth-order valence-corrected chi connectivity index (χ4v) is 2.09. The molecule has 6 nitrogen and oxygen atoms in total. The van der Waals surface area contributed by atoms with E-state index in [0.717, 1.165) is 11.6 Å². The second-order valence-electron chi connectivity index (χ2n) is 6.80. The molecule has 0 aliphatic heterocycles. The van der Waals surface area contributed by atoms with Crippen molar-refractivity contribution < 1.29 is 22.7 Å². The third-order valence-corrected chi connectivity index (χ3v) is 3.27. The zero-order valence-electron chi connectivity index (χ0n) is 15.2. The van der Waals surface area contributed by atoms with Gasteiger partial charge in [-0.15, -0.1) is 10.2 Å². The number of anilines is 2. The second-order valence-corrected chi connectivity index (χ2v) is 6.80. The highest BCUT2D eigenvalue weighted by Crippen LogP contribution is 2.27. The molecule has 1 aromatic carbocycles. The maximum atomic E-state index is 12.4. The van der Waals surface area contributed by atoms with E-state index in [-0.39, 0.29) is 5.82 Å². The van der Waals surface area contributed by atoms with Crippen LogP contribution in [0.5, 0.6) is 0 Å². The normalized spacial score (nSPS) is 11.8. The molecule has 0 aliphatic carbocycles. The molecule has 1 amide bonds. The van der Waals surface area contributed by atoms with E-state index in [1.54, 1.807) is 32.9 Å². The molecular weight excluding hydrogens is 361 g/mol. The van der Waals surface area contributed by atoms with Gasteiger partial charge in [0.2, 0.25) is 0 Å². The maximum Gasteiger partial charge on any atom is 0.435 e. The number of nitrogens with one attached hydrogen (secondary N) is 2. The molecule has 0 atom stereocenters. The summed E-state index contributed by atoms with van der Waals surface area (Å²) in [5.41, 5.74) is -0.00975. The zero-order chi connectivity index (χ0) is 20.1. The van der Waals surface area contributed by atoms with Crippen molar-refractivity contribution in [2.45, 2.75) is 39.0 Å². The summed E-state index contributed by atoms with van der Waals surface area (Å²) in [6, 6.07) is 9.30. The summed E-state index contributed by atoms with van der Waals surface area (Å²) in [5, 5.41) is 12.2. The minimum absolute atomic E-state index is 0.270. The lowest BCUT2D eigenvalue weighted by atomic mass is 10.1. The number of ether oxygens (including phenoxy) is 1. The van der Waals surface area contributed by atoms with E-state index in [9.17, 15) is 18.0 Å². The Balaban J connectivity index is 1.80. The van der Waals surface area contributed by atoms with Gasteiger partial charge in [0.25, 0.3) is 0 Å². The summed E-state index contributed by atoms with van der Waals surface area (Å²) in [4.78, 5) is 11.7. The summed E-state index contributed by atoms with van der Waals surface area (Å²) < 4.78 is 42.5. The first-order valence-electron chi connectivity index (χ1n) is 8.27. The zero-order valence-corrected chi connectivity index (χ0v) is 15.2. The van der Waals surface area contributed by atoms with Gasteiger partial charge in [-0.2, -0.15) is 13.2 Å². The summed E-state index contributed by atoms with van der Waals surface area (Å²) in [5.74, 6) is 0.270. The first-order chi connectivity index (χ1) is 12.5. The van der Waals surface area contributed by atoms with Crippen LogP contribution in [-0.4, -0.2) is 28.4 Å². The van der Waals surface area contributed by atoms with Crippen LogP contribution in [0.15, 0.2) is 36.4 Å². The number of nitrogens with zero attached hydrogens (tertiary/aromatic N) is 2. The third-order valence-electron chi connectivity index (χ3n) is 3.27. The van der Waals surface area contributed by atoms with Crippen molar-refractivity contribution in [3.63, 3.8) is 0 Å². The molecule has 0 saturated carbocycles. The van der Waals surface area contributed by atoms with Crippen molar-refractivity contribution >= 4 is 17.6 Å². The molecule has 0 aliphatic rings. The number of amides is 1. The number of halogens is 3. The van der Waals surface area contributed by atoms with Gasteiger partial charge in [-0.3, -0.25) is 5.32 Å². The molecule has 2 N–H and O–H groups in total. The molecule has 0 unspecified atom stereocenters. The summed E-state index contributed by atoms with van der Waals surface area (Å²) in [6.07, 6.45) is -4.41. The van der Waals surface area contributed by atoms with Crippen molar-refractivity contribution in [2.75, 3.05) is 17.2 Å². The number of carbonyl (C=O) groups excluding carboxylic acids is 1. The molecule has 1 heterocycles. The monoisotopic (exact) mass is 382 g/mol. The summed E-state index contributed by atoms with van der Waals surface area (Å²) in [6.45, 7) is 5.82. The van der Waals surface area contributed by atoms with Crippen LogP contribution in [0.25, 0.3) is 0 Å². The van der Waals surface area contributed by atoms with Gasteiger partial charge in [0.05, 0.1) is 0 Å². The Labute approximate surface area is 155 Å². The van der Waals surface area contributed by atoms with E-state index in [2.05, 4.69) is 20.8 Å². The molecule has 1 aromatic heterocycles. The molecule has 27 heavy (non-hydrogen) atoms. The molecule has 2 aromatic rings. The van der Waals surface area contributed by atoms with Crippen molar-refractivity contribution in [1.29, 1.82) is 0 Å². The van der Waals surface area contributed by atoms with E-state index in [1.165, 1.54) is 6.07 Å². The molecule has 0 bridgehead atoms. The summed E-state index contributed by atoms with van der Waals surface area (Å²) in [7, 11) is 0. The summed E-state index contributed by atoms with van der Waals surface area (Å²) >= 11 is 0. The van der Waals surface area contributed by atoms with Gasteiger partial charge in [0.1, 0.15) is 11.4 Å². The average Bonchev–Trinajstić information content (AvgIpc) is 2.54. The number of carbonyl (C=O) groups is 1. The van der Waals surface area contributed by atoms with Crippen LogP contribution in [0.2, 0.25) is 0 Å². The molecule has 0 saturated heterocycles. The Morgan fingerprint density at radius 3 is 2.22 bits per heavy atom. The van der Waals surface area contributed by atoms with Crippen molar-refractivity contribution in [3.05, 3.63) is 47.7 Å². The fraction of sp³-hybridized carbons (Fsp3) is 0.389. The first kappa shape index (κ1) is 20.5. The van der Waals surface area contributed by atoms with E-state index in [1.807, 2.05) is 12.1 Å². The van der Waals surface area contributed by atoms with Crippen LogP contribution < -0.4 is 10.6 Å². The number of hydrogen-bond acceptors (Lipinski definition) is 5. The Kier molecular flexibility index (Phi) is 6.24. The van der Waals surface area contributed by atoms with Crippen LogP contribution in [0.3, 0.4) is 0 Å². The minimum Gasteiger partial charge on any atom is -0.444 e. The predicted octanol–water partition coefficient (Wildman–Crippen LogP) is 4.50. The lowest BCUT2D eigenvalue weighted by Crippen LogP contribution is -2.27. The highest BCUT2D eigenvalue weighted by molar-refractivity contribution is 5.84. The smallest absolute Gasteiger partial charge is 0.435 e. The largest absolute Gasteiger partial charge is 0.444 e.